The van der Waals surface area contributed by atoms with E-state index in [0.717, 1.165) is 4.88 Å². The molecule has 0 radical (unpaired) electrons. The second-order valence-corrected chi connectivity index (χ2v) is 4.38. The number of rotatable bonds is 3. The van der Waals surface area contributed by atoms with E-state index in [2.05, 4.69) is 15.5 Å². The Hall–Kier alpha value is -0.910. The first kappa shape index (κ1) is 10.6. The molecule has 0 spiro atoms. The van der Waals surface area contributed by atoms with E-state index in [1.807, 2.05) is 25.4 Å². The predicted octanol–water partition coefficient (Wildman–Crippen LogP) is 2.73. The molecule has 2 aromatic heterocycles. The van der Waals surface area contributed by atoms with Gasteiger partial charge in [-0.05, 0) is 25.4 Å². The van der Waals surface area contributed by atoms with Gasteiger partial charge in [0.25, 0.3) is 5.89 Å². The fraction of sp³-hybridized carbons (Fsp3) is 0.333. The molecule has 0 aliphatic rings. The van der Waals surface area contributed by atoms with E-state index in [4.69, 9.17) is 16.0 Å². The Labute approximate surface area is 96.3 Å². The second-order valence-electron chi connectivity index (χ2n) is 3.05. The van der Waals surface area contributed by atoms with Crippen LogP contribution in [0.3, 0.4) is 0 Å². The van der Waals surface area contributed by atoms with Crippen molar-refractivity contribution in [3.05, 3.63) is 22.4 Å². The number of nitrogens with zero attached hydrogens (tertiary/aromatic N) is 2. The fourth-order valence-corrected chi connectivity index (χ4v) is 2.13. The second kappa shape index (κ2) is 4.30. The summed E-state index contributed by atoms with van der Waals surface area (Å²) in [5, 5.41) is 13.5. The van der Waals surface area contributed by atoms with Gasteiger partial charge in [-0.2, -0.15) is 0 Å². The van der Waals surface area contributed by atoms with E-state index in [-0.39, 0.29) is 6.04 Å². The molecule has 4 nitrogen and oxygen atoms in total. The first-order chi connectivity index (χ1) is 7.22. The zero-order valence-corrected chi connectivity index (χ0v) is 9.89. The Balaban J connectivity index is 2.32. The van der Waals surface area contributed by atoms with Crippen molar-refractivity contribution in [1.29, 1.82) is 0 Å². The third-order valence-corrected chi connectivity index (χ3v) is 3.38. The number of halogens is 1. The summed E-state index contributed by atoms with van der Waals surface area (Å²) in [6, 6.07) is 1.86. The summed E-state index contributed by atoms with van der Waals surface area (Å²) in [6.45, 7) is 1.95. The van der Waals surface area contributed by atoms with Crippen molar-refractivity contribution < 1.29 is 4.42 Å². The molecule has 6 heteroatoms. The highest BCUT2D eigenvalue weighted by Crippen LogP contribution is 2.32. The quantitative estimate of drug-likeness (QED) is 0.901. The summed E-state index contributed by atoms with van der Waals surface area (Å²) < 4.78 is 5.50. The lowest BCUT2D eigenvalue weighted by atomic mass is 10.3. The molecule has 15 heavy (non-hydrogen) atoms. The van der Waals surface area contributed by atoms with Gasteiger partial charge in [-0.15, -0.1) is 21.5 Å². The molecule has 1 N–H and O–H groups in total. The van der Waals surface area contributed by atoms with Gasteiger partial charge in [0.2, 0.25) is 5.89 Å². The van der Waals surface area contributed by atoms with Gasteiger partial charge >= 0.3 is 0 Å². The molecule has 0 saturated carbocycles. The summed E-state index contributed by atoms with van der Waals surface area (Å²) in [4.78, 5) is 0.818. The van der Waals surface area contributed by atoms with Crippen LogP contribution >= 0.6 is 22.9 Å². The van der Waals surface area contributed by atoms with Crippen LogP contribution in [0.4, 0.5) is 0 Å². The lowest BCUT2D eigenvalue weighted by molar-refractivity contribution is 0.442. The molecule has 0 amide bonds. The number of nitrogens with one attached hydrogen (secondary N) is 1. The van der Waals surface area contributed by atoms with Crippen LogP contribution in [0.25, 0.3) is 10.8 Å². The van der Waals surface area contributed by atoms with Gasteiger partial charge in [-0.3, -0.25) is 0 Å². The number of thiophene rings is 1. The Bertz CT molecular complexity index is 454. The van der Waals surface area contributed by atoms with Gasteiger partial charge < -0.3 is 9.73 Å². The van der Waals surface area contributed by atoms with E-state index < -0.39 is 0 Å². The van der Waals surface area contributed by atoms with Crippen molar-refractivity contribution in [2.24, 2.45) is 0 Å². The lowest BCUT2D eigenvalue weighted by Gasteiger charge is -2.01. The average molecular weight is 244 g/mol. The molecule has 80 valence electrons. The minimum Gasteiger partial charge on any atom is -0.418 e. The SMILES string of the molecule is CNC(C)c1nnc(-c2sccc2Cl)o1. The van der Waals surface area contributed by atoms with E-state index in [1.165, 1.54) is 11.3 Å². The van der Waals surface area contributed by atoms with Gasteiger partial charge in [-0.1, -0.05) is 11.6 Å². The molecule has 0 aliphatic heterocycles. The van der Waals surface area contributed by atoms with Crippen molar-refractivity contribution in [2.45, 2.75) is 13.0 Å². The summed E-state index contributed by atoms with van der Waals surface area (Å²) >= 11 is 7.45. The first-order valence-electron chi connectivity index (χ1n) is 4.46. The summed E-state index contributed by atoms with van der Waals surface area (Å²) in [7, 11) is 1.84. The third-order valence-electron chi connectivity index (χ3n) is 2.06. The minimum absolute atomic E-state index is 0.0463. The number of hydrogen-bond donors (Lipinski definition) is 1. The van der Waals surface area contributed by atoms with Crippen LogP contribution in [-0.4, -0.2) is 17.2 Å². The predicted molar refractivity (Wildman–Crippen MR) is 60.1 cm³/mol. The van der Waals surface area contributed by atoms with Crippen molar-refractivity contribution >= 4 is 22.9 Å². The molecule has 1 atom stereocenters. The van der Waals surface area contributed by atoms with Gasteiger partial charge in [0.1, 0.15) is 4.88 Å². The van der Waals surface area contributed by atoms with Crippen molar-refractivity contribution in [3.63, 3.8) is 0 Å². The Morgan fingerprint density at radius 3 is 2.93 bits per heavy atom. The molecule has 0 fully saturated rings. The average Bonchev–Trinajstić information content (AvgIpc) is 2.84. The molecule has 0 saturated heterocycles. The van der Waals surface area contributed by atoms with Gasteiger partial charge in [0, 0.05) is 0 Å². The van der Waals surface area contributed by atoms with Crippen LogP contribution < -0.4 is 5.32 Å². The fourth-order valence-electron chi connectivity index (χ4n) is 1.07. The van der Waals surface area contributed by atoms with Crippen LogP contribution in [0.15, 0.2) is 15.9 Å². The maximum Gasteiger partial charge on any atom is 0.259 e. The summed E-state index contributed by atoms with van der Waals surface area (Å²) in [5.41, 5.74) is 0. The Morgan fingerprint density at radius 2 is 2.33 bits per heavy atom. The zero-order chi connectivity index (χ0) is 10.8. The first-order valence-corrected chi connectivity index (χ1v) is 5.72. The van der Waals surface area contributed by atoms with Gasteiger partial charge in [0.15, 0.2) is 0 Å². The molecule has 2 heterocycles. The molecular formula is C9H10ClN3OS. The molecule has 2 aromatic rings. The van der Waals surface area contributed by atoms with Gasteiger partial charge in [0.05, 0.1) is 11.1 Å². The maximum absolute atomic E-state index is 5.96. The monoisotopic (exact) mass is 243 g/mol. The van der Waals surface area contributed by atoms with E-state index >= 15 is 0 Å². The third kappa shape index (κ3) is 2.04. The highest BCUT2D eigenvalue weighted by molar-refractivity contribution is 7.14. The molecule has 2 rings (SSSR count). The minimum atomic E-state index is 0.0463. The van der Waals surface area contributed by atoms with Crippen molar-refractivity contribution in [1.82, 2.24) is 15.5 Å². The Morgan fingerprint density at radius 1 is 1.53 bits per heavy atom. The highest BCUT2D eigenvalue weighted by atomic mass is 35.5. The van der Waals surface area contributed by atoms with Crippen LogP contribution in [0.1, 0.15) is 18.9 Å². The van der Waals surface area contributed by atoms with Crippen LogP contribution in [0.2, 0.25) is 5.02 Å². The normalized spacial score (nSPS) is 13.0. The van der Waals surface area contributed by atoms with Crippen molar-refractivity contribution in [3.8, 4) is 10.8 Å². The summed E-state index contributed by atoms with van der Waals surface area (Å²) in [5.74, 6) is 1.05. The smallest absolute Gasteiger partial charge is 0.259 e. The molecular weight excluding hydrogens is 234 g/mol. The number of hydrogen-bond acceptors (Lipinski definition) is 5. The standard InChI is InChI=1S/C9H10ClN3OS/c1-5(11-2)8-12-13-9(14-8)7-6(10)3-4-15-7/h3-5,11H,1-2H3. The van der Waals surface area contributed by atoms with Crippen molar-refractivity contribution in [2.75, 3.05) is 7.05 Å². The zero-order valence-electron chi connectivity index (χ0n) is 8.32. The van der Waals surface area contributed by atoms with Crippen LogP contribution in [-0.2, 0) is 0 Å². The summed E-state index contributed by atoms with van der Waals surface area (Å²) in [6.07, 6.45) is 0. The topological polar surface area (TPSA) is 51.0 Å². The molecule has 0 aliphatic carbocycles. The van der Waals surface area contributed by atoms with E-state index in [1.54, 1.807) is 0 Å². The van der Waals surface area contributed by atoms with E-state index in [9.17, 15) is 0 Å². The largest absolute Gasteiger partial charge is 0.418 e. The van der Waals surface area contributed by atoms with Crippen LogP contribution in [0.5, 0.6) is 0 Å². The van der Waals surface area contributed by atoms with E-state index in [0.29, 0.717) is 16.8 Å². The highest BCUT2D eigenvalue weighted by Gasteiger charge is 2.15. The number of aromatic nitrogens is 2. The maximum atomic E-state index is 5.96. The lowest BCUT2D eigenvalue weighted by Crippen LogP contribution is -2.12. The molecule has 1 unspecified atom stereocenters. The van der Waals surface area contributed by atoms with Gasteiger partial charge in [-0.25, -0.2) is 0 Å². The Kier molecular flexibility index (Phi) is 3.04. The molecule has 0 bridgehead atoms. The van der Waals surface area contributed by atoms with Crippen LogP contribution in [0, 0.1) is 0 Å². The molecule has 0 aromatic carbocycles.